The van der Waals surface area contributed by atoms with Crippen LogP contribution in [0.4, 0.5) is 0 Å². The van der Waals surface area contributed by atoms with Gasteiger partial charge in [0, 0.05) is 16.7 Å². The van der Waals surface area contributed by atoms with Crippen LogP contribution in [0.15, 0.2) is 41.8 Å². The molecule has 0 aliphatic rings. The second kappa shape index (κ2) is 6.38. The molecular weight excluding hydrogens is 220 g/mol. The van der Waals surface area contributed by atoms with Crippen molar-refractivity contribution in [2.45, 2.75) is 24.8 Å². The Morgan fingerprint density at radius 1 is 1.50 bits per heavy atom. The molecule has 0 amide bonds. The van der Waals surface area contributed by atoms with Crippen molar-refractivity contribution in [3.63, 3.8) is 0 Å². The molecule has 0 bridgehead atoms. The number of hydrogen-bond donors (Lipinski definition) is 0. The smallest absolute Gasteiger partial charge is 0.330 e. The van der Waals surface area contributed by atoms with Crippen molar-refractivity contribution in [2.24, 2.45) is 0 Å². The summed E-state index contributed by atoms with van der Waals surface area (Å²) in [4.78, 5) is 12.1. The van der Waals surface area contributed by atoms with Crippen molar-refractivity contribution < 1.29 is 9.53 Å². The van der Waals surface area contributed by atoms with Gasteiger partial charge in [0.2, 0.25) is 0 Å². The van der Waals surface area contributed by atoms with Crippen LogP contribution in [0.5, 0.6) is 0 Å². The van der Waals surface area contributed by atoms with Crippen LogP contribution in [0.2, 0.25) is 0 Å². The maximum atomic E-state index is 10.9. The number of carbonyl (C=O) groups is 1. The third-order valence-corrected chi connectivity index (χ3v) is 3.23. The van der Waals surface area contributed by atoms with E-state index in [4.69, 9.17) is 4.74 Å². The molecule has 0 fully saturated rings. The highest BCUT2D eigenvalue weighted by Gasteiger charge is 2.06. The zero-order valence-electron chi connectivity index (χ0n) is 9.60. The molecule has 3 heteroatoms. The highest BCUT2D eigenvalue weighted by atomic mass is 32.2. The Morgan fingerprint density at radius 2 is 2.12 bits per heavy atom. The van der Waals surface area contributed by atoms with E-state index < -0.39 is 0 Å². The Labute approximate surface area is 101 Å². The van der Waals surface area contributed by atoms with Crippen LogP contribution in [0.25, 0.3) is 0 Å². The van der Waals surface area contributed by atoms with E-state index in [1.807, 2.05) is 6.92 Å². The molecule has 1 unspecified atom stereocenters. The Hall–Kier alpha value is -1.22. The molecule has 2 nitrogen and oxygen atoms in total. The van der Waals surface area contributed by atoms with Crippen molar-refractivity contribution in [3.05, 3.63) is 42.5 Å². The minimum atomic E-state index is -0.364. The fraction of sp³-hybridized carbons (Fsp3) is 0.308. The largest absolute Gasteiger partial charge is 0.459 e. The molecule has 1 aromatic rings. The average molecular weight is 236 g/mol. The summed E-state index contributed by atoms with van der Waals surface area (Å²) in [5, 5.41) is 0. The molecule has 0 aliphatic carbocycles. The Bertz CT molecular complexity index is 357. The van der Waals surface area contributed by atoms with Crippen LogP contribution in [-0.2, 0) is 9.53 Å². The maximum Gasteiger partial charge on any atom is 0.330 e. The average Bonchev–Trinajstić information content (AvgIpc) is 2.28. The Balaban J connectivity index is 2.36. The number of thioether (sulfide) groups is 1. The minimum Gasteiger partial charge on any atom is -0.459 e. The first kappa shape index (κ1) is 12.8. The van der Waals surface area contributed by atoms with Gasteiger partial charge in [-0.1, -0.05) is 24.3 Å². The van der Waals surface area contributed by atoms with Crippen LogP contribution < -0.4 is 0 Å². The van der Waals surface area contributed by atoms with Gasteiger partial charge in [-0.3, -0.25) is 0 Å². The molecule has 0 N–H and O–H groups in total. The molecule has 0 heterocycles. The Morgan fingerprint density at radius 3 is 2.69 bits per heavy atom. The van der Waals surface area contributed by atoms with Gasteiger partial charge < -0.3 is 4.74 Å². The normalized spacial score (nSPS) is 11.9. The second-order valence-electron chi connectivity index (χ2n) is 3.58. The van der Waals surface area contributed by atoms with Crippen LogP contribution in [0.1, 0.15) is 12.5 Å². The van der Waals surface area contributed by atoms with E-state index in [0.717, 1.165) is 5.75 Å². The molecule has 0 radical (unpaired) electrons. The lowest BCUT2D eigenvalue weighted by Crippen LogP contribution is -2.15. The van der Waals surface area contributed by atoms with Gasteiger partial charge in [0.1, 0.15) is 6.10 Å². The predicted octanol–water partition coefficient (Wildman–Crippen LogP) is 3.20. The standard InChI is InChI=1S/C13H16O2S/c1-4-13(14)15-11(3)9-16-12-7-5-10(2)6-8-12/h4-8,11H,1,9H2,2-3H3. The summed E-state index contributed by atoms with van der Waals surface area (Å²) in [7, 11) is 0. The van der Waals surface area contributed by atoms with E-state index in [2.05, 4.69) is 37.8 Å². The van der Waals surface area contributed by atoms with Crippen molar-refractivity contribution >= 4 is 17.7 Å². The highest BCUT2D eigenvalue weighted by molar-refractivity contribution is 7.99. The lowest BCUT2D eigenvalue weighted by atomic mass is 10.2. The first-order chi connectivity index (χ1) is 7.61. The molecule has 1 rings (SSSR count). The molecule has 86 valence electrons. The number of benzene rings is 1. The van der Waals surface area contributed by atoms with E-state index in [1.54, 1.807) is 11.8 Å². The summed E-state index contributed by atoms with van der Waals surface area (Å²) in [6.45, 7) is 7.30. The molecule has 0 aliphatic heterocycles. The number of hydrogen-bond acceptors (Lipinski definition) is 3. The van der Waals surface area contributed by atoms with Gasteiger partial charge in [-0.05, 0) is 26.0 Å². The first-order valence-electron chi connectivity index (χ1n) is 5.14. The first-order valence-corrected chi connectivity index (χ1v) is 6.13. The van der Waals surface area contributed by atoms with Crippen LogP contribution in [0.3, 0.4) is 0 Å². The lowest BCUT2D eigenvalue weighted by molar-refractivity contribution is -0.141. The summed E-state index contributed by atoms with van der Waals surface area (Å²) in [6.07, 6.45) is 1.09. The van der Waals surface area contributed by atoms with E-state index in [1.165, 1.54) is 16.5 Å². The molecular formula is C13H16O2S. The lowest BCUT2D eigenvalue weighted by Gasteiger charge is -2.11. The van der Waals surface area contributed by atoms with Crippen LogP contribution in [0, 0.1) is 6.92 Å². The van der Waals surface area contributed by atoms with E-state index in [0.29, 0.717) is 0 Å². The summed E-state index contributed by atoms with van der Waals surface area (Å²) < 4.78 is 5.07. The number of esters is 1. The van der Waals surface area contributed by atoms with Crippen molar-refractivity contribution in [1.29, 1.82) is 0 Å². The number of aryl methyl sites for hydroxylation is 1. The number of ether oxygens (including phenoxy) is 1. The zero-order chi connectivity index (χ0) is 12.0. The van der Waals surface area contributed by atoms with Crippen LogP contribution in [-0.4, -0.2) is 17.8 Å². The predicted molar refractivity (Wildman–Crippen MR) is 67.7 cm³/mol. The minimum absolute atomic E-state index is 0.100. The highest BCUT2D eigenvalue weighted by Crippen LogP contribution is 2.19. The van der Waals surface area contributed by atoms with Gasteiger partial charge >= 0.3 is 5.97 Å². The number of rotatable bonds is 5. The van der Waals surface area contributed by atoms with Crippen molar-refractivity contribution in [3.8, 4) is 0 Å². The fourth-order valence-corrected chi connectivity index (χ4v) is 1.95. The SMILES string of the molecule is C=CC(=O)OC(C)CSc1ccc(C)cc1. The summed E-state index contributed by atoms with van der Waals surface area (Å²) in [5.41, 5.74) is 1.25. The van der Waals surface area contributed by atoms with Gasteiger partial charge in [-0.25, -0.2) is 4.79 Å². The molecule has 0 saturated heterocycles. The quantitative estimate of drug-likeness (QED) is 0.446. The summed E-state index contributed by atoms with van der Waals surface area (Å²) in [6, 6.07) is 8.29. The van der Waals surface area contributed by atoms with Gasteiger partial charge in [0.15, 0.2) is 0 Å². The molecule has 0 spiro atoms. The van der Waals surface area contributed by atoms with Gasteiger partial charge in [-0.15, -0.1) is 11.8 Å². The second-order valence-corrected chi connectivity index (χ2v) is 4.67. The molecule has 1 aromatic carbocycles. The summed E-state index contributed by atoms with van der Waals surface area (Å²) >= 11 is 1.68. The van der Waals surface area contributed by atoms with Gasteiger partial charge in [0.25, 0.3) is 0 Å². The fourth-order valence-electron chi connectivity index (χ4n) is 1.13. The maximum absolute atomic E-state index is 10.9. The Kier molecular flexibility index (Phi) is 5.12. The van der Waals surface area contributed by atoms with Gasteiger partial charge in [-0.2, -0.15) is 0 Å². The van der Waals surface area contributed by atoms with E-state index in [-0.39, 0.29) is 12.1 Å². The van der Waals surface area contributed by atoms with E-state index in [9.17, 15) is 4.79 Å². The molecule has 16 heavy (non-hydrogen) atoms. The monoisotopic (exact) mass is 236 g/mol. The third-order valence-electron chi connectivity index (χ3n) is 1.99. The van der Waals surface area contributed by atoms with Crippen molar-refractivity contribution in [2.75, 3.05) is 5.75 Å². The molecule has 1 atom stereocenters. The van der Waals surface area contributed by atoms with E-state index >= 15 is 0 Å². The van der Waals surface area contributed by atoms with Crippen molar-refractivity contribution in [1.82, 2.24) is 0 Å². The topological polar surface area (TPSA) is 26.3 Å². The molecule has 0 saturated carbocycles. The zero-order valence-corrected chi connectivity index (χ0v) is 10.4. The van der Waals surface area contributed by atoms with Crippen LogP contribution >= 0.6 is 11.8 Å². The summed E-state index contributed by atoms with van der Waals surface area (Å²) in [5.74, 6) is 0.389. The third kappa shape index (κ3) is 4.53. The molecule has 0 aromatic heterocycles. The van der Waals surface area contributed by atoms with Gasteiger partial charge in [0.05, 0.1) is 0 Å². The number of carbonyl (C=O) groups excluding carboxylic acids is 1.